The van der Waals surface area contributed by atoms with Crippen molar-refractivity contribution in [2.75, 3.05) is 17.7 Å². The van der Waals surface area contributed by atoms with E-state index in [4.69, 9.17) is 5.11 Å². The summed E-state index contributed by atoms with van der Waals surface area (Å²) in [6.07, 6.45) is 1.74. The van der Waals surface area contributed by atoms with Gasteiger partial charge in [-0.15, -0.1) is 10.2 Å². The number of nitrogens with zero attached hydrogens (tertiary/aromatic N) is 2. The molecule has 0 bridgehead atoms. The molecule has 0 fully saturated rings. The molecule has 0 saturated carbocycles. The summed E-state index contributed by atoms with van der Waals surface area (Å²) >= 11 is 2.99. The summed E-state index contributed by atoms with van der Waals surface area (Å²) in [5.74, 6) is 0.587. The van der Waals surface area contributed by atoms with Gasteiger partial charge in [0.05, 0.1) is 5.69 Å². The van der Waals surface area contributed by atoms with Crippen LogP contribution in [0.5, 0.6) is 0 Å². The zero-order valence-electron chi connectivity index (χ0n) is 10.2. The Hall–Kier alpha value is -1.18. The monoisotopic (exact) mass is 299 g/mol. The maximum absolute atomic E-state index is 13.4. The van der Waals surface area contributed by atoms with Crippen LogP contribution >= 0.6 is 23.1 Å². The lowest BCUT2D eigenvalue weighted by Crippen LogP contribution is -1.92. The molecule has 102 valence electrons. The van der Waals surface area contributed by atoms with Crippen molar-refractivity contribution in [2.45, 2.75) is 17.2 Å². The van der Waals surface area contributed by atoms with Crippen LogP contribution in [-0.2, 0) is 0 Å². The summed E-state index contributed by atoms with van der Waals surface area (Å²) in [5.41, 5.74) is 0.399. The van der Waals surface area contributed by atoms with E-state index in [9.17, 15) is 4.39 Å². The minimum Gasteiger partial charge on any atom is -0.396 e. The second-order valence-corrected chi connectivity index (χ2v) is 6.08. The minimum absolute atomic E-state index is 0.219. The van der Waals surface area contributed by atoms with Gasteiger partial charge in [0.25, 0.3) is 0 Å². The summed E-state index contributed by atoms with van der Waals surface area (Å²) in [6.45, 7) is 0.219. The molecular weight excluding hydrogens is 285 g/mol. The summed E-state index contributed by atoms with van der Waals surface area (Å²) in [4.78, 5) is 0. The molecule has 1 aromatic heterocycles. The van der Waals surface area contributed by atoms with Crippen molar-refractivity contribution in [3.8, 4) is 0 Å². The maximum Gasteiger partial charge on any atom is 0.210 e. The van der Waals surface area contributed by atoms with Gasteiger partial charge in [-0.05, 0) is 25.0 Å². The second kappa shape index (κ2) is 7.42. The van der Waals surface area contributed by atoms with Crippen molar-refractivity contribution < 1.29 is 9.50 Å². The first-order valence-corrected chi connectivity index (χ1v) is 7.68. The van der Waals surface area contributed by atoms with Crippen LogP contribution in [0.15, 0.2) is 28.6 Å². The standard InChI is InChI=1S/C12H14FN3OS2/c13-9-5-1-2-6-10(9)14-11-15-16-12(19-11)18-8-4-3-7-17/h1-2,5-6,17H,3-4,7-8H2,(H,14,15). The number of halogens is 1. The molecule has 0 saturated heterocycles. The molecule has 1 aromatic carbocycles. The topological polar surface area (TPSA) is 58.0 Å². The predicted molar refractivity (Wildman–Crippen MR) is 76.6 cm³/mol. The molecule has 0 unspecified atom stereocenters. The molecular formula is C12H14FN3OS2. The second-order valence-electron chi connectivity index (χ2n) is 3.76. The van der Waals surface area contributed by atoms with Crippen molar-refractivity contribution in [1.29, 1.82) is 0 Å². The fourth-order valence-electron chi connectivity index (χ4n) is 1.37. The van der Waals surface area contributed by atoms with Crippen molar-refractivity contribution in [3.63, 3.8) is 0 Å². The van der Waals surface area contributed by atoms with Crippen LogP contribution in [-0.4, -0.2) is 27.7 Å². The highest BCUT2D eigenvalue weighted by atomic mass is 32.2. The first-order chi connectivity index (χ1) is 9.29. The Bertz CT molecular complexity index is 521. The number of hydrogen-bond acceptors (Lipinski definition) is 6. The normalized spacial score (nSPS) is 10.6. The van der Waals surface area contributed by atoms with E-state index in [1.807, 2.05) is 0 Å². The molecule has 19 heavy (non-hydrogen) atoms. The van der Waals surface area contributed by atoms with Gasteiger partial charge in [0.1, 0.15) is 5.82 Å². The molecule has 0 amide bonds. The van der Waals surface area contributed by atoms with Gasteiger partial charge in [0, 0.05) is 12.4 Å². The first kappa shape index (κ1) is 14.2. The fraction of sp³-hybridized carbons (Fsp3) is 0.333. The highest BCUT2D eigenvalue weighted by Crippen LogP contribution is 2.28. The Morgan fingerprint density at radius 2 is 2.11 bits per heavy atom. The summed E-state index contributed by atoms with van der Waals surface area (Å²) < 4.78 is 14.3. The van der Waals surface area contributed by atoms with Crippen molar-refractivity contribution in [2.24, 2.45) is 0 Å². The minimum atomic E-state index is -0.310. The Morgan fingerprint density at radius 1 is 1.26 bits per heavy atom. The average Bonchev–Trinajstić information content (AvgIpc) is 2.85. The Morgan fingerprint density at radius 3 is 2.89 bits per heavy atom. The Labute approximate surface area is 119 Å². The van der Waals surface area contributed by atoms with E-state index in [1.54, 1.807) is 30.0 Å². The van der Waals surface area contributed by atoms with Crippen LogP contribution in [0.3, 0.4) is 0 Å². The zero-order valence-corrected chi connectivity index (χ0v) is 11.8. The molecule has 0 aliphatic heterocycles. The largest absolute Gasteiger partial charge is 0.396 e. The summed E-state index contributed by atoms with van der Waals surface area (Å²) in [7, 11) is 0. The van der Waals surface area contributed by atoms with E-state index in [-0.39, 0.29) is 12.4 Å². The number of benzene rings is 1. The molecule has 0 atom stereocenters. The van der Waals surface area contributed by atoms with E-state index >= 15 is 0 Å². The first-order valence-electron chi connectivity index (χ1n) is 5.88. The Kier molecular flexibility index (Phi) is 5.56. The van der Waals surface area contributed by atoms with Gasteiger partial charge in [-0.2, -0.15) is 0 Å². The molecule has 4 nitrogen and oxygen atoms in total. The molecule has 2 rings (SSSR count). The molecule has 2 N–H and O–H groups in total. The zero-order chi connectivity index (χ0) is 13.5. The number of nitrogens with one attached hydrogen (secondary N) is 1. The predicted octanol–water partition coefficient (Wildman–Crippen LogP) is 3.29. The molecule has 0 aliphatic rings. The number of aliphatic hydroxyl groups is 1. The number of aliphatic hydroxyl groups excluding tert-OH is 1. The van der Waals surface area contributed by atoms with Crippen molar-refractivity contribution in [1.82, 2.24) is 10.2 Å². The number of anilines is 2. The van der Waals surface area contributed by atoms with Gasteiger partial charge in [0.2, 0.25) is 5.13 Å². The van der Waals surface area contributed by atoms with Crippen molar-refractivity contribution in [3.05, 3.63) is 30.1 Å². The van der Waals surface area contributed by atoms with Crippen molar-refractivity contribution >= 4 is 33.9 Å². The third kappa shape index (κ3) is 4.45. The SMILES string of the molecule is OCCCCSc1nnc(Nc2ccccc2F)s1. The molecule has 1 heterocycles. The number of thioether (sulfide) groups is 1. The van der Waals surface area contributed by atoms with E-state index in [0.717, 1.165) is 22.9 Å². The third-order valence-corrected chi connectivity index (χ3v) is 4.36. The van der Waals surface area contributed by atoms with Crippen LogP contribution in [0.1, 0.15) is 12.8 Å². The lowest BCUT2D eigenvalue weighted by Gasteiger charge is -2.01. The number of unbranched alkanes of at least 4 members (excludes halogenated alkanes) is 1. The van der Waals surface area contributed by atoms with Crippen LogP contribution in [0.25, 0.3) is 0 Å². The lowest BCUT2D eigenvalue weighted by molar-refractivity contribution is 0.287. The Balaban J connectivity index is 1.89. The van der Waals surface area contributed by atoms with Gasteiger partial charge in [-0.1, -0.05) is 35.2 Å². The quantitative estimate of drug-likeness (QED) is 0.607. The van der Waals surface area contributed by atoms with E-state index in [0.29, 0.717) is 10.8 Å². The molecule has 2 aromatic rings. The average molecular weight is 299 g/mol. The van der Waals surface area contributed by atoms with Gasteiger partial charge in [-0.25, -0.2) is 4.39 Å². The fourth-order valence-corrected chi connectivity index (χ4v) is 3.20. The summed E-state index contributed by atoms with van der Waals surface area (Å²) in [5, 5.41) is 20.2. The van der Waals surface area contributed by atoms with E-state index < -0.39 is 0 Å². The van der Waals surface area contributed by atoms with Crippen LogP contribution < -0.4 is 5.32 Å². The molecule has 7 heteroatoms. The third-order valence-electron chi connectivity index (χ3n) is 2.30. The number of aromatic nitrogens is 2. The lowest BCUT2D eigenvalue weighted by atomic mass is 10.3. The maximum atomic E-state index is 13.4. The van der Waals surface area contributed by atoms with E-state index in [1.165, 1.54) is 17.4 Å². The molecule has 0 aliphatic carbocycles. The number of rotatable bonds is 7. The number of para-hydroxylation sites is 1. The van der Waals surface area contributed by atoms with Crippen LogP contribution in [0, 0.1) is 5.82 Å². The molecule has 0 spiro atoms. The van der Waals surface area contributed by atoms with Crippen LogP contribution in [0.2, 0.25) is 0 Å². The van der Waals surface area contributed by atoms with Gasteiger partial charge < -0.3 is 10.4 Å². The van der Waals surface area contributed by atoms with Gasteiger partial charge in [0.15, 0.2) is 4.34 Å². The van der Waals surface area contributed by atoms with Gasteiger partial charge in [-0.3, -0.25) is 0 Å². The van der Waals surface area contributed by atoms with Crippen LogP contribution in [0.4, 0.5) is 15.2 Å². The van der Waals surface area contributed by atoms with Gasteiger partial charge >= 0.3 is 0 Å². The molecule has 0 radical (unpaired) electrons. The van der Waals surface area contributed by atoms with E-state index in [2.05, 4.69) is 15.5 Å². The summed E-state index contributed by atoms with van der Waals surface area (Å²) in [6, 6.07) is 6.46. The smallest absolute Gasteiger partial charge is 0.210 e. The number of hydrogen-bond donors (Lipinski definition) is 2. The highest BCUT2D eigenvalue weighted by molar-refractivity contribution is 8.01. The highest BCUT2D eigenvalue weighted by Gasteiger charge is 2.07.